The van der Waals surface area contributed by atoms with Gasteiger partial charge in [0, 0.05) is 17.8 Å². The van der Waals surface area contributed by atoms with Gasteiger partial charge in [-0.15, -0.1) is 0 Å². The van der Waals surface area contributed by atoms with Crippen molar-refractivity contribution in [3.8, 4) is 0 Å². The molecule has 0 saturated carbocycles. The maximum Gasteiger partial charge on any atom is 0.275 e. The standard InChI is InChI=1S/C12H10ClN5O3/c13-9-4-5-10(17-14)16-11(9)12(19)15-7-2-1-3-8(6-7)18(20)21/h1-6H,14H2,(H,15,19)(H,16,17). The lowest BCUT2D eigenvalue weighted by molar-refractivity contribution is -0.384. The molecule has 1 aromatic carbocycles. The molecule has 0 bridgehead atoms. The molecule has 8 nitrogen and oxygen atoms in total. The van der Waals surface area contributed by atoms with Crippen LogP contribution in [0.4, 0.5) is 17.2 Å². The smallest absolute Gasteiger partial charge is 0.275 e. The number of hydrazine groups is 1. The molecule has 0 atom stereocenters. The average Bonchev–Trinajstić information content (AvgIpc) is 2.48. The van der Waals surface area contributed by atoms with E-state index in [9.17, 15) is 14.9 Å². The Morgan fingerprint density at radius 2 is 2.10 bits per heavy atom. The zero-order valence-corrected chi connectivity index (χ0v) is 11.3. The fourth-order valence-electron chi connectivity index (χ4n) is 1.57. The van der Waals surface area contributed by atoms with Crippen LogP contribution in [0.3, 0.4) is 0 Å². The molecule has 2 aromatic rings. The summed E-state index contributed by atoms with van der Waals surface area (Å²) in [7, 11) is 0. The molecule has 0 radical (unpaired) electrons. The first-order valence-electron chi connectivity index (χ1n) is 5.70. The molecule has 108 valence electrons. The fourth-order valence-corrected chi connectivity index (χ4v) is 1.76. The van der Waals surface area contributed by atoms with Crippen LogP contribution < -0.4 is 16.6 Å². The van der Waals surface area contributed by atoms with Gasteiger partial charge in [-0.1, -0.05) is 17.7 Å². The Hall–Kier alpha value is -2.71. The summed E-state index contributed by atoms with van der Waals surface area (Å²) in [5, 5.41) is 13.3. The number of rotatable bonds is 4. The SMILES string of the molecule is NNc1ccc(Cl)c(C(=O)Nc2cccc([N+](=O)[O-])c2)n1. The number of nitro groups is 1. The summed E-state index contributed by atoms with van der Waals surface area (Å²) in [6, 6.07) is 8.50. The van der Waals surface area contributed by atoms with Gasteiger partial charge in [-0.3, -0.25) is 14.9 Å². The number of nitrogens with zero attached hydrogens (tertiary/aromatic N) is 2. The minimum Gasteiger partial charge on any atom is -0.320 e. The van der Waals surface area contributed by atoms with Crippen LogP contribution in [0.15, 0.2) is 36.4 Å². The molecular weight excluding hydrogens is 298 g/mol. The first-order valence-corrected chi connectivity index (χ1v) is 6.08. The lowest BCUT2D eigenvalue weighted by Gasteiger charge is -2.07. The van der Waals surface area contributed by atoms with E-state index in [4.69, 9.17) is 17.4 Å². The summed E-state index contributed by atoms with van der Waals surface area (Å²) >= 11 is 5.90. The molecule has 0 aliphatic heterocycles. The number of nitro benzene ring substituents is 1. The normalized spacial score (nSPS) is 10.0. The predicted molar refractivity (Wildman–Crippen MR) is 78.1 cm³/mol. The van der Waals surface area contributed by atoms with Gasteiger partial charge in [0.1, 0.15) is 11.5 Å². The number of pyridine rings is 1. The summed E-state index contributed by atoms with van der Waals surface area (Å²) in [5.41, 5.74) is 2.38. The number of nitrogens with two attached hydrogens (primary N) is 1. The monoisotopic (exact) mass is 307 g/mol. The molecule has 0 aliphatic carbocycles. The van der Waals surface area contributed by atoms with Gasteiger partial charge in [0.2, 0.25) is 0 Å². The maximum atomic E-state index is 12.1. The van der Waals surface area contributed by atoms with Crippen LogP contribution >= 0.6 is 11.6 Å². The molecule has 0 aliphatic rings. The minimum atomic E-state index is -0.599. The number of hydrogen-bond acceptors (Lipinski definition) is 6. The second-order valence-corrected chi connectivity index (χ2v) is 4.34. The van der Waals surface area contributed by atoms with Gasteiger partial charge >= 0.3 is 0 Å². The van der Waals surface area contributed by atoms with Gasteiger partial charge in [-0.2, -0.15) is 0 Å². The highest BCUT2D eigenvalue weighted by molar-refractivity contribution is 6.34. The van der Waals surface area contributed by atoms with E-state index in [1.807, 2.05) is 0 Å². The first kappa shape index (κ1) is 14.7. The Morgan fingerprint density at radius 3 is 2.76 bits per heavy atom. The van der Waals surface area contributed by atoms with E-state index in [1.165, 1.54) is 36.4 Å². The maximum absolute atomic E-state index is 12.1. The van der Waals surface area contributed by atoms with E-state index in [0.29, 0.717) is 0 Å². The van der Waals surface area contributed by atoms with Gasteiger partial charge < -0.3 is 10.7 Å². The number of hydrogen-bond donors (Lipinski definition) is 3. The molecule has 0 saturated heterocycles. The highest BCUT2D eigenvalue weighted by Crippen LogP contribution is 2.20. The van der Waals surface area contributed by atoms with Crippen molar-refractivity contribution in [3.05, 3.63) is 57.2 Å². The minimum absolute atomic E-state index is 0.0429. The molecule has 4 N–H and O–H groups in total. The lowest BCUT2D eigenvalue weighted by Crippen LogP contribution is -2.16. The third kappa shape index (κ3) is 3.44. The number of halogens is 1. The number of nitrogen functional groups attached to an aromatic ring is 1. The van der Waals surface area contributed by atoms with E-state index in [1.54, 1.807) is 0 Å². The Labute approximate surface area is 124 Å². The van der Waals surface area contributed by atoms with Crippen LogP contribution in [0.1, 0.15) is 10.5 Å². The largest absolute Gasteiger partial charge is 0.320 e. The van der Waals surface area contributed by atoms with E-state index >= 15 is 0 Å². The highest BCUT2D eigenvalue weighted by atomic mass is 35.5. The summed E-state index contributed by atoms with van der Waals surface area (Å²) in [6.45, 7) is 0. The van der Waals surface area contributed by atoms with Gasteiger partial charge in [-0.25, -0.2) is 10.8 Å². The predicted octanol–water partition coefficient (Wildman–Crippen LogP) is 2.18. The Morgan fingerprint density at radius 1 is 1.33 bits per heavy atom. The number of nitrogens with one attached hydrogen (secondary N) is 2. The molecule has 2 rings (SSSR count). The van der Waals surface area contributed by atoms with Crippen LogP contribution in [-0.2, 0) is 0 Å². The quantitative estimate of drug-likeness (QED) is 0.452. The van der Waals surface area contributed by atoms with Crippen molar-refractivity contribution in [2.24, 2.45) is 5.84 Å². The third-order valence-electron chi connectivity index (χ3n) is 2.52. The van der Waals surface area contributed by atoms with Crippen molar-refractivity contribution in [1.29, 1.82) is 0 Å². The molecule has 0 unspecified atom stereocenters. The Bertz CT molecular complexity index is 707. The van der Waals surface area contributed by atoms with E-state index in [2.05, 4.69) is 15.7 Å². The Kier molecular flexibility index (Phi) is 4.31. The van der Waals surface area contributed by atoms with Crippen molar-refractivity contribution in [3.63, 3.8) is 0 Å². The molecule has 0 fully saturated rings. The zero-order chi connectivity index (χ0) is 15.4. The number of benzene rings is 1. The van der Waals surface area contributed by atoms with Gasteiger partial charge in [0.25, 0.3) is 11.6 Å². The molecule has 1 heterocycles. The molecular formula is C12H10ClN5O3. The van der Waals surface area contributed by atoms with Crippen LogP contribution in [0.5, 0.6) is 0 Å². The van der Waals surface area contributed by atoms with Gasteiger partial charge in [0.15, 0.2) is 0 Å². The molecule has 1 aromatic heterocycles. The third-order valence-corrected chi connectivity index (χ3v) is 2.83. The van der Waals surface area contributed by atoms with Crippen molar-refractivity contribution in [2.75, 3.05) is 10.7 Å². The van der Waals surface area contributed by atoms with E-state index in [-0.39, 0.29) is 27.9 Å². The van der Waals surface area contributed by atoms with Crippen LogP contribution in [0, 0.1) is 10.1 Å². The second kappa shape index (κ2) is 6.16. The molecule has 9 heteroatoms. The van der Waals surface area contributed by atoms with Crippen LogP contribution in [0.2, 0.25) is 5.02 Å². The fraction of sp³-hybridized carbons (Fsp3) is 0. The highest BCUT2D eigenvalue weighted by Gasteiger charge is 2.14. The second-order valence-electron chi connectivity index (χ2n) is 3.93. The summed E-state index contributed by atoms with van der Waals surface area (Å²) in [4.78, 5) is 26.1. The molecule has 21 heavy (non-hydrogen) atoms. The van der Waals surface area contributed by atoms with Crippen molar-refractivity contribution in [1.82, 2.24) is 4.98 Å². The number of carbonyl (C=O) groups is 1. The van der Waals surface area contributed by atoms with Gasteiger partial charge in [0.05, 0.1) is 9.95 Å². The number of carbonyl (C=O) groups excluding carboxylic acids is 1. The van der Waals surface area contributed by atoms with E-state index in [0.717, 1.165) is 0 Å². The van der Waals surface area contributed by atoms with Crippen molar-refractivity contribution >= 4 is 34.7 Å². The van der Waals surface area contributed by atoms with Crippen LogP contribution in [-0.4, -0.2) is 15.8 Å². The zero-order valence-electron chi connectivity index (χ0n) is 10.5. The Balaban J connectivity index is 2.25. The lowest BCUT2D eigenvalue weighted by atomic mass is 10.2. The van der Waals surface area contributed by atoms with Crippen molar-refractivity contribution < 1.29 is 9.72 Å². The van der Waals surface area contributed by atoms with Crippen molar-refractivity contribution in [2.45, 2.75) is 0 Å². The number of non-ortho nitro benzene ring substituents is 1. The summed E-state index contributed by atoms with van der Waals surface area (Å²) in [6.07, 6.45) is 0. The number of anilines is 2. The van der Waals surface area contributed by atoms with Gasteiger partial charge in [-0.05, 0) is 18.2 Å². The first-order chi connectivity index (χ1) is 10.0. The van der Waals surface area contributed by atoms with Crippen LogP contribution in [0.25, 0.3) is 0 Å². The summed E-state index contributed by atoms with van der Waals surface area (Å²) in [5.74, 6) is 4.88. The van der Waals surface area contributed by atoms with E-state index < -0.39 is 10.8 Å². The molecule has 1 amide bonds. The topological polar surface area (TPSA) is 123 Å². The molecule has 0 spiro atoms. The number of aromatic nitrogens is 1. The average molecular weight is 308 g/mol. The number of amides is 1. The summed E-state index contributed by atoms with van der Waals surface area (Å²) < 4.78 is 0.